The summed E-state index contributed by atoms with van der Waals surface area (Å²) in [5.74, 6) is 0.572. The van der Waals surface area contributed by atoms with E-state index in [2.05, 4.69) is 32.3 Å². The molecule has 1 saturated heterocycles. The Labute approximate surface area is 159 Å². The standard InChI is InChI=1S/C21H25N5O/c1-2-18(19-15-26-14-6-11-22-21(26)24-19)23-20(27)16-7-9-17(10-8-16)25-12-4-3-5-13-25/h6-11,14-15,18H,2-5,12-13H2,1H3,(H,23,27). The molecule has 1 aliphatic rings. The molecule has 0 spiro atoms. The summed E-state index contributed by atoms with van der Waals surface area (Å²) >= 11 is 0. The van der Waals surface area contributed by atoms with Gasteiger partial charge < -0.3 is 10.2 Å². The molecule has 0 radical (unpaired) electrons. The number of piperidine rings is 1. The first-order chi connectivity index (χ1) is 13.2. The van der Waals surface area contributed by atoms with Crippen LogP contribution < -0.4 is 10.2 Å². The molecule has 6 heteroatoms. The maximum atomic E-state index is 12.7. The number of fused-ring (bicyclic) bond motifs is 1. The second kappa shape index (κ2) is 7.78. The second-order valence-electron chi connectivity index (χ2n) is 7.02. The first-order valence-electron chi connectivity index (χ1n) is 9.70. The highest BCUT2D eigenvalue weighted by atomic mass is 16.1. The topological polar surface area (TPSA) is 62.5 Å². The summed E-state index contributed by atoms with van der Waals surface area (Å²) in [5.41, 5.74) is 2.70. The van der Waals surface area contributed by atoms with E-state index in [9.17, 15) is 4.79 Å². The molecular formula is C21H25N5O. The molecule has 2 aromatic heterocycles. The molecular weight excluding hydrogens is 338 g/mol. The maximum absolute atomic E-state index is 12.7. The molecule has 1 atom stereocenters. The highest BCUT2D eigenvalue weighted by Crippen LogP contribution is 2.21. The first-order valence-corrected chi connectivity index (χ1v) is 9.70. The van der Waals surface area contributed by atoms with Crippen molar-refractivity contribution in [1.29, 1.82) is 0 Å². The number of imidazole rings is 1. The number of nitrogens with one attached hydrogen (secondary N) is 1. The average molecular weight is 363 g/mol. The molecule has 3 aromatic rings. The van der Waals surface area contributed by atoms with Crippen molar-refractivity contribution in [3.63, 3.8) is 0 Å². The largest absolute Gasteiger partial charge is 0.372 e. The van der Waals surface area contributed by atoms with Crippen molar-refractivity contribution in [2.45, 2.75) is 38.6 Å². The van der Waals surface area contributed by atoms with E-state index in [-0.39, 0.29) is 11.9 Å². The Morgan fingerprint density at radius 2 is 1.96 bits per heavy atom. The molecule has 1 N–H and O–H groups in total. The third kappa shape index (κ3) is 3.79. The Kier molecular flexibility index (Phi) is 5.05. The van der Waals surface area contributed by atoms with Gasteiger partial charge in [0.15, 0.2) is 0 Å². The molecule has 3 heterocycles. The number of amides is 1. The van der Waals surface area contributed by atoms with E-state index in [0.717, 1.165) is 25.2 Å². The van der Waals surface area contributed by atoms with E-state index in [1.165, 1.54) is 24.9 Å². The zero-order chi connectivity index (χ0) is 18.6. The second-order valence-corrected chi connectivity index (χ2v) is 7.02. The van der Waals surface area contributed by atoms with Gasteiger partial charge in [0.25, 0.3) is 5.91 Å². The third-order valence-corrected chi connectivity index (χ3v) is 5.18. The predicted octanol–water partition coefficient (Wildman–Crippen LogP) is 3.60. The molecule has 1 fully saturated rings. The van der Waals surface area contributed by atoms with E-state index < -0.39 is 0 Å². The quantitative estimate of drug-likeness (QED) is 0.752. The van der Waals surface area contributed by atoms with Crippen molar-refractivity contribution >= 4 is 17.4 Å². The summed E-state index contributed by atoms with van der Waals surface area (Å²) in [6, 6.07) is 9.66. The Morgan fingerprint density at radius 1 is 1.19 bits per heavy atom. The van der Waals surface area contributed by atoms with Gasteiger partial charge in [-0.1, -0.05) is 6.92 Å². The van der Waals surface area contributed by atoms with Crippen LogP contribution in [0.2, 0.25) is 0 Å². The Morgan fingerprint density at radius 3 is 2.67 bits per heavy atom. The van der Waals surface area contributed by atoms with Crippen molar-refractivity contribution in [3.8, 4) is 0 Å². The predicted molar refractivity (Wildman–Crippen MR) is 106 cm³/mol. The number of nitrogens with zero attached hydrogens (tertiary/aromatic N) is 4. The number of hydrogen-bond donors (Lipinski definition) is 1. The van der Waals surface area contributed by atoms with Crippen LogP contribution in [0.4, 0.5) is 5.69 Å². The lowest BCUT2D eigenvalue weighted by Crippen LogP contribution is -2.30. The minimum atomic E-state index is -0.138. The number of benzene rings is 1. The normalized spacial score (nSPS) is 15.7. The molecule has 1 aromatic carbocycles. The van der Waals surface area contributed by atoms with E-state index in [1.807, 2.05) is 41.9 Å². The van der Waals surface area contributed by atoms with Crippen LogP contribution in [-0.2, 0) is 0 Å². The van der Waals surface area contributed by atoms with E-state index in [0.29, 0.717) is 11.3 Å². The van der Waals surface area contributed by atoms with Crippen LogP contribution in [0.1, 0.15) is 54.7 Å². The average Bonchev–Trinajstić information content (AvgIpc) is 3.16. The Bertz CT molecular complexity index is 879. The number of rotatable bonds is 5. The fraction of sp³-hybridized carbons (Fsp3) is 0.381. The van der Waals surface area contributed by atoms with Crippen molar-refractivity contribution in [2.24, 2.45) is 0 Å². The third-order valence-electron chi connectivity index (χ3n) is 5.18. The molecule has 27 heavy (non-hydrogen) atoms. The molecule has 1 amide bonds. The van der Waals surface area contributed by atoms with Crippen molar-refractivity contribution < 1.29 is 4.79 Å². The van der Waals surface area contributed by atoms with Crippen LogP contribution in [0, 0.1) is 0 Å². The van der Waals surface area contributed by atoms with Gasteiger partial charge in [-0.15, -0.1) is 0 Å². The van der Waals surface area contributed by atoms with Crippen molar-refractivity contribution in [3.05, 3.63) is 60.2 Å². The lowest BCUT2D eigenvalue weighted by atomic mass is 10.1. The first kappa shape index (κ1) is 17.5. The van der Waals surface area contributed by atoms with Gasteiger partial charge in [-0.2, -0.15) is 0 Å². The number of hydrogen-bond acceptors (Lipinski definition) is 4. The van der Waals surface area contributed by atoms with Gasteiger partial charge in [0.1, 0.15) is 0 Å². The summed E-state index contributed by atoms with van der Waals surface area (Å²) in [5, 5.41) is 3.10. The zero-order valence-electron chi connectivity index (χ0n) is 15.6. The SMILES string of the molecule is CCC(NC(=O)c1ccc(N2CCCCC2)cc1)c1cn2cccnc2n1. The highest BCUT2D eigenvalue weighted by Gasteiger charge is 2.18. The van der Waals surface area contributed by atoms with Gasteiger partial charge in [0.05, 0.1) is 11.7 Å². The molecule has 140 valence electrons. The molecule has 4 rings (SSSR count). The van der Waals surface area contributed by atoms with Crippen LogP contribution in [0.5, 0.6) is 0 Å². The van der Waals surface area contributed by atoms with Gasteiger partial charge >= 0.3 is 0 Å². The van der Waals surface area contributed by atoms with Crippen LogP contribution in [0.15, 0.2) is 48.9 Å². The summed E-state index contributed by atoms with van der Waals surface area (Å²) in [4.78, 5) is 23.9. The van der Waals surface area contributed by atoms with Gasteiger partial charge in [0.2, 0.25) is 5.78 Å². The summed E-state index contributed by atoms with van der Waals surface area (Å²) in [6.45, 7) is 4.25. The van der Waals surface area contributed by atoms with Gasteiger partial charge in [-0.3, -0.25) is 9.20 Å². The van der Waals surface area contributed by atoms with Gasteiger partial charge in [-0.05, 0) is 56.0 Å². The minimum absolute atomic E-state index is 0.0722. The summed E-state index contributed by atoms with van der Waals surface area (Å²) < 4.78 is 1.87. The van der Waals surface area contributed by atoms with Gasteiger partial charge in [0, 0.05) is 42.9 Å². The summed E-state index contributed by atoms with van der Waals surface area (Å²) in [6.07, 6.45) is 10.1. The van der Waals surface area contributed by atoms with Crippen LogP contribution in [0.25, 0.3) is 5.78 Å². The van der Waals surface area contributed by atoms with Crippen LogP contribution in [-0.4, -0.2) is 33.4 Å². The van der Waals surface area contributed by atoms with Crippen LogP contribution in [0.3, 0.4) is 0 Å². The molecule has 6 nitrogen and oxygen atoms in total. The zero-order valence-corrected chi connectivity index (χ0v) is 15.6. The minimum Gasteiger partial charge on any atom is -0.372 e. The lowest BCUT2D eigenvalue weighted by Gasteiger charge is -2.28. The molecule has 0 saturated carbocycles. The fourth-order valence-electron chi connectivity index (χ4n) is 3.62. The molecule has 0 aliphatic carbocycles. The van der Waals surface area contributed by atoms with Gasteiger partial charge in [-0.25, -0.2) is 9.97 Å². The Hall–Kier alpha value is -2.89. The monoisotopic (exact) mass is 363 g/mol. The smallest absolute Gasteiger partial charge is 0.251 e. The fourth-order valence-corrected chi connectivity index (χ4v) is 3.62. The molecule has 1 unspecified atom stereocenters. The number of carbonyl (C=O) groups excluding carboxylic acids is 1. The van der Waals surface area contributed by atoms with E-state index in [1.54, 1.807) is 6.20 Å². The molecule has 0 bridgehead atoms. The Balaban J connectivity index is 1.46. The van der Waals surface area contributed by atoms with E-state index >= 15 is 0 Å². The summed E-state index contributed by atoms with van der Waals surface area (Å²) in [7, 11) is 0. The number of aromatic nitrogens is 3. The lowest BCUT2D eigenvalue weighted by molar-refractivity contribution is 0.0935. The maximum Gasteiger partial charge on any atom is 0.251 e. The van der Waals surface area contributed by atoms with Crippen LogP contribution >= 0.6 is 0 Å². The number of carbonyl (C=O) groups is 1. The van der Waals surface area contributed by atoms with Crippen molar-refractivity contribution in [1.82, 2.24) is 19.7 Å². The number of anilines is 1. The highest BCUT2D eigenvalue weighted by molar-refractivity contribution is 5.94. The van der Waals surface area contributed by atoms with E-state index in [4.69, 9.17) is 0 Å². The molecule has 1 aliphatic heterocycles. The van der Waals surface area contributed by atoms with Crippen molar-refractivity contribution in [2.75, 3.05) is 18.0 Å².